The molecule has 0 saturated heterocycles. The second kappa shape index (κ2) is 28.4. The Labute approximate surface area is 428 Å². The van der Waals surface area contributed by atoms with Crippen molar-refractivity contribution in [3.63, 3.8) is 0 Å². The first-order valence-electron chi connectivity index (χ1n) is 26.1. The van der Waals surface area contributed by atoms with Crippen LogP contribution in [0, 0.1) is 6.92 Å². The first kappa shape index (κ1) is 60.4. The van der Waals surface area contributed by atoms with Crippen LogP contribution in [0.1, 0.15) is 206 Å². The number of aryl methyl sites for hydroxylation is 1. The van der Waals surface area contributed by atoms with E-state index < -0.39 is 0 Å². The fraction of sp³-hybridized carbons (Fsp3) is 0.698. The number of nitrogens with zero attached hydrogens (tertiary/aromatic N) is 12. The number of unbranched alkanes of at least 4 members (excludes halogenated alkanes) is 4. The zero-order valence-corrected chi connectivity index (χ0v) is 45.7. The van der Waals surface area contributed by atoms with Crippen LogP contribution in [0.2, 0.25) is 0 Å². The maximum Gasteiger partial charge on any atom is 0.251 e. The van der Waals surface area contributed by atoms with E-state index in [0.29, 0.717) is 30.7 Å². The summed E-state index contributed by atoms with van der Waals surface area (Å²) < 4.78 is 0. The van der Waals surface area contributed by atoms with Gasteiger partial charge in [0.1, 0.15) is 5.78 Å². The molecule has 0 aromatic heterocycles. The molecule has 396 valence electrons. The van der Waals surface area contributed by atoms with Gasteiger partial charge >= 0.3 is 0 Å². The fourth-order valence-corrected chi connectivity index (χ4v) is 6.83. The van der Waals surface area contributed by atoms with Crippen LogP contribution in [0.25, 0.3) is 0 Å². The fourth-order valence-electron chi connectivity index (χ4n) is 6.83. The van der Waals surface area contributed by atoms with Gasteiger partial charge in [-0.15, -0.1) is 0 Å². The summed E-state index contributed by atoms with van der Waals surface area (Å²) in [5, 5.41) is 55.1. The molecule has 0 bridgehead atoms. The van der Waals surface area contributed by atoms with Crippen molar-refractivity contribution in [2.24, 2.45) is 61.4 Å². The van der Waals surface area contributed by atoms with Crippen LogP contribution in [0.15, 0.2) is 110 Å². The molecule has 19 heteroatoms. The summed E-state index contributed by atoms with van der Waals surface area (Å²) >= 11 is 0. The minimum Gasteiger partial charge on any atom is -0.356 e. The van der Waals surface area contributed by atoms with Crippen molar-refractivity contribution in [1.29, 1.82) is 0 Å². The molecule has 0 aliphatic carbocycles. The van der Waals surface area contributed by atoms with Gasteiger partial charge in [-0.25, -0.2) is 0 Å². The van der Waals surface area contributed by atoms with Gasteiger partial charge in [0.25, 0.3) is 5.91 Å². The van der Waals surface area contributed by atoms with Crippen LogP contribution < -0.4 is 16.0 Å². The summed E-state index contributed by atoms with van der Waals surface area (Å²) in [5.74, 6) is 0.463. The summed E-state index contributed by atoms with van der Waals surface area (Å²) in [4.78, 5) is 44.8. The van der Waals surface area contributed by atoms with Crippen LogP contribution in [0.5, 0.6) is 0 Å². The Hall–Kier alpha value is -5.88. The lowest BCUT2D eigenvalue weighted by Gasteiger charge is -2.13. The van der Waals surface area contributed by atoms with E-state index in [0.717, 1.165) is 63.5 Å². The molecule has 1 atom stereocenters. The third-order valence-corrected chi connectivity index (χ3v) is 12.1. The highest BCUT2D eigenvalue weighted by Gasteiger charge is 2.38. The molecule has 6 aliphatic rings. The topological polar surface area (TPSA) is 253 Å². The Morgan fingerprint density at radius 2 is 0.944 bits per heavy atom. The highest BCUT2D eigenvalue weighted by atomic mass is 16.2. The maximum absolute atomic E-state index is 11.6. The molecule has 2 aromatic carbocycles. The molecule has 0 radical (unpaired) electrons. The molecule has 3 amide bonds. The van der Waals surface area contributed by atoms with Gasteiger partial charge in [0, 0.05) is 81.3 Å². The summed E-state index contributed by atoms with van der Waals surface area (Å²) in [7, 11) is 0. The van der Waals surface area contributed by atoms with Gasteiger partial charge in [-0.1, -0.05) is 102 Å². The maximum atomic E-state index is 11.6. The van der Waals surface area contributed by atoms with Gasteiger partial charge in [-0.05, 0) is 93.2 Å². The number of hydrogen-bond donors (Lipinski definition) is 3. The predicted molar refractivity (Wildman–Crippen MR) is 281 cm³/mol. The van der Waals surface area contributed by atoms with Crippen LogP contribution in [-0.2, 0) is 25.7 Å². The lowest BCUT2D eigenvalue weighted by molar-refractivity contribution is -0.121. The van der Waals surface area contributed by atoms with E-state index in [1.54, 1.807) is 0 Å². The van der Waals surface area contributed by atoms with E-state index in [1.807, 2.05) is 79.7 Å². The predicted octanol–water partition coefficient (Wildman–Crippen LogP) is 13.5. The average Bonchev–Trinajstić information content (AvgIpc) is 4.06. The molecule has 1 unspecified atom stereocenters. The Morgan fingerprint density at radius 3 is 1.36 bits per heavy atom. The van der Waals surface area contributed by atoms with Crippen LogP contribution in [0.3, 0.4) is 0 Å². The normalized spacial score (nSPS) is 18.1. The average molecular weight is 996 g/mol. The molecule has 19 nitrogen and oxygen atoms in total. The number of amides is 3. The third kappa shape index (κ3) is 25.5. The molecule has 6 heterocycles. The lowest BCUT2D eigenvalue weighted by atomic mass is 10.0. The molecule has 72 heavy (non-hydrogen) atoms. The molecule has 8 rings (SSSR count). The highest BCUT2D eigenvalue weighted by molar-refractivity contribution is 5.94. The molecule has 2 aromatic rings. The number of carbonyl (C=O) groups is 4. The lowest BCUT2D eigenvalue weighted by Crippen LogP contribution is -2.33. The Bertz CT molecular complexity index is 2200. The van der Waals surface area contributed by atoms with Crippen molar-refractivity contribution in [2.75, 3.05) is 13.1 Å². The van der Waals surface area contributed by atoms with Gasteiger partial charge in [0.05, 0.1) is 0 Å². The number of ketones is 1. The summed E-state index contributed by atoms with van der Waals surface area (Å²) in [5.41, 5.74) is 3.01. The van der Waals surface area contributed by atoms with Crippen molar-refractivity contribution in [3.05, 3.63) is 70.8 Å². The minimum absolute atomic E-state index is 0.00162. The molecular formula is C53H85N15O4. The smallest absolute Gasteiger partial charge is 0.251 e. The van der Waals surface area contributed by atoms with Crippen LogP contribution >= 0.6 is 0 Å². The van der Waals surface area contributed by atoms with Crippen LogP contribution in [-0.4, -0.2) is 65.3 Å². The Kier molecular flexibility index (Phi) is 23.8. The highest BCUT2D eigenvalue weighted by Crippen LogP contribution is 2.40. The van der Waals surface area contributed by atoms with Gasteiger partial charge < -0.3 is 16.0 Å². The number of nitrogens with one attached hydrogen (secondary N) is 3. The SMILES string of the molecule is CC(=O)NC(C)CC1(C)N=N1.CCCC1(C)N=N1.CCCCCCCC(=O)CCC1(C)N=N1.CCCNC(=O)CCC1(C)N=N1.CCCNC(=O)c1ccc(C2(C)N=N2)cc1.Cc1ccc(C2(C)N=N2)cc1. The Balaban J connectivity index is 0.000000232. The number of Topliss-reactive ketones (excluding diaryl/α,β-unsaturated/α-hetero) is 1. The van der Waals surface area contributed by atoms with Gasteiger partial charge in [-0.3, -0.25) is 19.2 Å². The largest absolute Gasteiger partial charge is 0.356 e. The van der Waals surface area contributed by atoms with E-state index in [-0.39, 0.29) is 57.7 Å². The van der Waals surface area contributed by atoms with Gasteiger partial charge in [0.2, 0.25) is 23.1 Å². The number of benzene rings is 2. The number of hydrogen-bond acceptors (Lipinski definition) is 16. The van der Waals surface area contributed by atoms with Crippen LogP contribution in [0.4, 0.5) is 0 Å². The van der Waals surface area contributed by atoms with Gasteiger partial charge in [0.15, 0.2) is 22.7 Å². The van der Waals surface area contributed by atoms with E-state index in [1.165, 1.54) is 50.2 Å². The quantitative estimate of drug-likeness (QED) is 0.0867. The third-order valence-electron chi connectivity index (χ3n) is 12.1. The van der Waals surface area contributed by atoms with E-state index in [2.05, 4.69) is 129 Å². The van der Waals surface area contributed by atoms with Crippen molar-refractivity contribution in [3.8, 4) is 0 Å². The first-order chi connectivity index (χ1) is 34.0. The number of carbonyl (C=O) groups excluding carboxylic acids is 4. The number of rotatable bonds is 24. The molecule has 6 aliphatic heterocycles. The summed E-state index contributed by atoms with van der Waals surface area (Å²) in [6.07, 6.45) is 14.6. The molecule has 0 fully saturated rings. The molecular weight excluding hydrogens is 911 g/mol. The monoisotopic (exact) mass is 996 g/mol. The molecule has 0 spiro atoms. The molecule has 0 saturated carbocycles. The summed E-state index contributed by atoms with van der Waals surface area (Å²) in [6, 6.07) is 15.9. The van der Waals surface area contributed by atoms with Crippen molar-refractivity contribution >= 4 is 23.5 Å². The van der Waals surface area contributed by atoms with Crippen molar-refractivity contribution in [1.82, 2.24) is 16.0 Å². The first-order valence-corrected chi connectivity index (χ1v) is 26.1. The minimum atomic E-state index is -0.363. The molecule has 3 N–H and O–H groups in total. The van der Waals surface area contributed by atoms with E-state index >= 15 is 0 Å². The van der Waals surface area contributed by atoms with Crippen molar-refractivity contribution < 1.29 is 19.2 Å². The zero-order chi connectivity index (χ0) is 53.5. The zero-order valence-electron chi connectivity index (χ0n) is 45.7. The van der Waals surface area contributed by atoms with Crippen molar-refractivity contribution in [2.45, 2.75) is 226 Å². The van der Waals surface area contributed by atoms with E-state index in [4.69, 9.17) is 0 Å². The standard InChI is InChI=1S/C12H15N3O.C12H22N2O.C9H10N2.C8H15N3O.C7H13N3O.C5H10N2/c1-3-8-13-11(16)9-4-6-10(7-5-9)12(2)14-15-12;1-3-4-5-6-7-8-11(15)9-10-12(2)13-14-12;1-7-3-5-8(6-4-7)9(2)10-11-9;1-3-6-9-7(12)4-5-8(2)10-11-8;1-5(8-6(2)11)4-7(3)9-10-7;1-3-4-5(2)6-7-5/h4-7H,3,8H2,1-2H3,(H,13,16);3-10H2,1-2H3;3-6H,1-2H3;3-6H2,1-2H3,(H,9,12);5H,4H2,1-3H3,(H,8,11);3-4H2,1-2H3. The second-order valence-corrected chi connectivity index (χ2v) is 20.4. The van der Waals surface area contributed by atoms with Gasteiger partial charge in [-0.2, -0.15) is 61.4 Å². The second-order valence-electron chi connectivity index (χ2n) is 20.4. The summed E-state index contributed by atoms with van der Waals surface area (Å²) in [6.45, 7) is 27.3. The Morgan fingerprint density at radius 1 is 0.500 bits per heavy atom. The van der Waals surface area contributed by atoms with E-state index in [9.17, 15) is 19.2 Å².